The van der Waals surface area contributed by atoms with Gasteiger partial charge in [0, 0.05) is 60.2 Å². The average molecular weight is 855 g/mol. The van der Waals surface area contributed by atoms with Crippen molar-refractivity contribution in [2.75, 3.05) is 0 Å². The number of hydrogen-bond donors (Lipinski definition) is 0. The summed E-state index contributed by atoms with van der Waals surface area (Å²) in [5.74, 6) is 0.710. The fourth-order valence-corrected chi connectivity index (χ4v) is 11.3. The van der Waals surface area contributed by atoms with Crippen molar-refractivity contribution in [3.63, 3.8) is 0 Å². The molecule has 4 heteroatoms. The van der Waals surface area contributed by atoms with E-state index in [2.05, 4.69) is 241 Å². The van der Waals surface area contributed by atoms with Crippen LogP contribution >= 0.6 is 0 Å². The highest BCUT2D eigenvalue weighted by molar-refractivity contribution is 6.13. The zero-order valence-corrected chi connectivity index (χ0v) is 37.1. The summed E-state index contributed by atoms with van der Waals surface area (Å²) >= 11 is 0. The molecule has 14 rings (SSSR count). The van der Waals surface area contributed by atoms with Crippen LogP contribution in [0.15, 0.2) is 218 Å². The molecule has 10 aromatic carbocycles. The Morgan fingerprint density at radius 2 is 0.866 bits per heavy atom. The van der Waals surface area contributed by atoms with E-state index in [-0.39, 0.29) is 5.41 Å². The maximum Gasteiger partial charge on any atom is 0.160 e. The average Bonchev–Trinajstić information content (AvgIpc) is 3.98. The topological polar surface area (TPSA) is 35.6 Å². The third-order valence-electron chi connectivity index (χ3n) is 14.5. The number of fused-ring (bicyclic) bond motifs is 12. The molecule has 0 N–H and O–H groups in total. The number of nitrogens with zero attached hydrogens (tertiary/aromatic N) is 4. The molecule has 0 atom stereocenters. The molecule has 4 nitrogen and oxygen atoms in total. The number of para-hydroxylation sites is 3. The molecule has 314 valence electrons. The van der Waals surface area contributed by atoms with Gasteiger partial charge in [-0.05, 0) is 112 Å². The number of benzene rings is 10. The lowest BCUT2D eigenvalue weighted by atomic mass is 9.81. The summed E-state index contributed by atoms with van der Waals surface area (Å²) in [7, 11) is 0. The van der Waals surface area contributed by atoms with E-state index in [0.717, 1.165) is 55.4 Å². The van der Waals surface area contributed by atoms with Crippen molar-refractivity contribution >= 4 is 65.3 Å². The molecule has 1 aliphatic rings. The maximum atomic E-state index is 5.45. The van der Waals surface area contributed by atoms with Crippen molar-refractivity contribution in [2.45, 2.75) is 19.3 Å². The first kappa shape index (κ1) is 37.7. The molecule has 3 aromatic heterocycles. The SMILES string of the molecule is CC1(C)c2ccccc2-c2ccc(-c3nc(-c4ccc(-n5c6ccccc6c6ccc(-c7ccc8c9ccccc9n(-c9ccccc9)c8c7)cc65)cc4)nc4c3ccc3ccccc34)cc21. The summed E-state index contributed by atoms with van der Waals surface area (Å²) in [6.45, 7) is 4.67. The first-order valence-electron chi connectivity index (χ1n) is 23.2. The Kier molecular flexibility index (Phi) is 8.00. The van der Waals surface area contributed by atoms with E-state index in [1.54, 1.807) is 0 Å². The van der Waals surface area contributed by atoms with Gasteiger partial charge in [0.1, 0.15) is 0 Å². The number of aromatic nitrogens is 4. The maximum absolute atomic E-state index is 5.45. The smallest absolute Gasteiger partial charge is 0.160 e. The predicted molar refractivity (Wildman–Crippen MR) is 280 cm³/mol. The largest absolute Gasteiger partial charge is 0.309 e. The third-order valence-corrected chi connectivity index (χ3v) is 14.5. The summed E-state index contributed by atoms with van der Waals surface area (Å²) < 4.78 is 4.80. The van der Waals surface area contributed by atoms with E-state index in [9.17, 15) is 0 Å². The minimum Gasteiger partial charge on any atom is -0.309 e. The van der Waals surface area contributed by atoms with Crippen LogP contribution in [-0.2, 0) is 5.41 Å². The van der Waals surface area contributed by atoms with Crippen LogP contribution in [0.2, 0.25) is 0 Å². The Morgan fingerprint density at radius 1 is 0.343 bits per heavy atom. The van der Waals surface area contributed by atoms with E-state index < -0.39 is 0 Å². The monoisotopic (exact) mass is 854 g/mol. The Balaban J connectivity index is 0.909. The second-order valence-corrected chi connectivity index (χ2v) is 18.6. The van der Waals surface area contributed by atoms with Gasteiger partial charge < -0.3 is 9.13 Å². The zero-order valence-electron chi connectivity index (χ0n) is 37.1. The van der Waals surface area contributed by atoms with Crippen LogP contribution in [0.25, 0.3) is 122 Å². The van der Waals surface area contributed by atoms with E-state index in [1.807, 2.05) is 0 Å². The van der Waals surface area contributed by atoms with Gasteiger partial charge in [0.05, 0.1) is 33.3 Å². The molecule has 0 aliphatic heterocycles. The van der Waals surface area contributed by atoms with Crippen LogP contribution in [-0.4, -0.2) is 19.1 Å². The van der Waals surface area contributed by atoms with Crippen molar-refractivity contribution in [3.05, 3.63) is 230 Å². The normalized spacial score (nSPS) is 13.0. The van der Waals surface area contributed by atoms with E-state index in [1.165, 1.54) is 71.5 Å². The lowest BCUT2D eigenvalue weighted by molar-refractivity contribution is 0.660. The molecule has 0 fully saturated rings. The van der Waals surface area contributed by atoms with Gasteiger partial charge in [-0.1, -0.05) is 159 Å². The van der Waals surface area contributed by atoms with Crippen LogP contribution < -0.4 is 0 Å². The highest BCUT2D eigenvalue weighted by Crippen LogP contribution is 2.50. The van der Waals surface area contributed by atoms with Gasteiger partial charge in [0.25, 0.3) is 0 Å². The Hall–Kier alpha value is -8.60. The van der Waals surface area contributed by atoms with Crippen molar-refractivity contribution in [1.29, 1.82) is 0 Å². The zero-order chi connectivity index (χ0) is 44.4. The molecular formula is C63H42N4. The van der Waals surface area contributed by atoms with Crippen LogP contribution in [0, 0.1) is 0 Å². The highest BCUT2D eigenvalue weighted by Gasteiger charge is 2.35. The minimum absolute atomic E-state index is 0.124. The van der Waals surface area contributed by atoms with E-state index in [4.69, 9.17) is 9.97 Å². The lowest BCUT2D eigenvalue weighted by Crippen LogP contribution is -2.15. The summed E-state index contributed by atoms with van der Waals surface area (Å²) in [4.78, 5) is 10.8. The van der Waals surface area contributed by atoms with E-state index in [0.29, 0.717) is 5.82 Å². The first-order valence-corrected chi connectivity index (χ1v) is 23.2. The first-order chi connectivity index (χ1) is 33.0. The predicted octanol–water partition coefficient (Wildman–Crippen LogP) is 16.3. The van der Waals surface area contributed by atoms with Crippen molar-refractivity contribution in [3.8, 4) is 56.3 Å². The number of hydrogen-bond acceptors (Lipinski definition) is 2. The third kappa shape index (κ3) is 5.60. The van der Waals surface area contributed by atoms with Crippen LogP contribution in [0.5, 0.6) is 0 Å². The fourth-order valence-electron chi connectivity index (χ4n) is 11.3. The number of rotatable bonds is 5. The van der Waals surface area contributed by atoms with Gasteiger partial charge in [-0.25, -0.2) is 9.97 Å². The molecule has 0 radical (unpaired) electrons. The van der Waals surface area contributed by atoms with Gasteiger partial charge in [-0.2, -0.15) is 0 Å². The second-order valence-electron chi connectivity index (χ2n) is 18.6. The van der Waals surface area contributed by atoms with Crippen molar-refractivity contribution in [2.24, 2.45) is 0 Å². The Morgan fingerprint density at radius 3 is 1.57 bits per heavy atom. The molecule has 0 unspecified atom stereocenters. The van der Waals surface area contributed by atoms with Gasteiger partial charge in [0.15, 0.2) is 5.82 Å². The summed E-state index contributed by atoms with van der Waals surface area (Å²) in [5.41, 5.74) is 18.5. The second kappa shape index (κ2) is 14.2. The summed E-state index contributed by atoms with van der Waals surface area (Å²) in [5, 5.41) is 8.28. The van der Waals surface area contributed by atoms with Gasteiger partial charge >= 0.3 is 0 Å². The Bertz CT molecular complexity index is 4170. The molecule has 0 saturated heterocycles. The summed E-state index contributed by atoms with van der Waals surface area (Å²) in [6.07, 6.45) is 0. The van der Waals surface area contributed by atoms with Crippen LogP contribution in [0.4, 0.5) is 0 Å². The fraction of sp³-hybridized carbons (Fsp3) is 0.0476. The van der Waals surface area contributed by atoms with E-state index >= 15 is 0 Å². The lowest BCUT2D eigenvalue weighted by Gasteiger charge is -2.22. The molecule has 0 amide bonds. The molecule has 1 aliphatic carbocycles. The molecular weight excluding hydrogens is 813 g/mol. The quantitative estimate of drug-likeness (QED) is 0.162. The van der Waals surface area contributed by atoms with Crippen molar-refractivity contribution < 1.29 is 0 Å². The summed E-state index contributed by atoms with van der Waals surface area (Å²) in [6, 6.07) is 79.5. The molecule has 0 spiro atoms. The van der Waals surface area contributed by atoms with Crippen molar-refractivity contribution in [1.82, 2.24) is 19.1 Å². The van der Waals surface area contributed by atoms with Crippen LogP contribution in [0.3, 0.4) is 0 Å². The highest BCUT2D eigenvalue weighted by atomic mass is 15.0. The van der Waals surface area contributed by atoms with Gasteiger partial charge in [-0.15, -0.1) is 0 Å². The molecule has 3 heterocycles. The molecule has 13 aromatic rings. The van der Waals surface area contributed by atoms with Gasteiger partial charge in [-0.3, -0.25) is 0 Å². The molecule has 0 bridgehead atoms. The van der Waals surface area contributed by atoms with Crippen LogP contribution in [0.1, 0.15) is 25.0 Å². The van der Waals surface area contributed by atoms with Gasteiger partial charge in [0.2, 0.25) is 0 Å². The Labute approximate surface area is 387 Å². The molecule has 0 saturated carbocycles. The standard InChI is InChI=1S/C63H42N4/c1-63(2)54-21-11-8-18-47(54)48-32-29-43(36-55(48)63)60-53-35-26-39-14-6-7-17-46(39)61(53)65-62(64-60)40-24-30-45(31-25-40)67-57-23-13-10-20-50(57)52-34-28-42(38-59(52)67)41-27-33-51-49-19-9-12-22-56(49)66(58(51)37-41)44-15-4-3-5-16-44/h3-38H,1-2H3. The molecule has 67 heavy (non-hydrogen) atoms. The minimum atomic E-state index is -0.124.